The summed E-state index contributed by atoms with van der Waals surface area (Å²) < 4.78 is 26.6. The van der Waals surface area contributed by atoms with Crippen LogP contribution in [-0.4, -0.2) is 36.6 Å². The number of hydrogen-bond donors (Lipinski definition) is 2. The Hall–Kier alpha value is -2.98. The summed E-state index contributed by atoms with van der Waals surface area (Å²) in [5.41, 5.74) is 1.32. The zero-order chi connectivity index (χ0) is 23.2. The van der Waals surface area contributed by atoms with Gasteiger partial charge in [-0.15, -0.1) is 0 Å². The maximum absolute atomic E-state index is 12.7. The van der Waals surface area contributed by atoms with Crippen LogP contribution in [0, 0.1) is 16.0 Å². The summed E-state index contributed by atoms with van der Waals surface area (Å²) in [6.07, 6.45) is 0. The number of benzene rings is 2. The summed E-state index contributed by atoms with van der Waals surface area (Å²) in [5.74, 6) is -0.263. The summed E-state index contributed by atoms with van der Waals surface area (Å²) >= 11 is 0. The lowest BCUT2D eigenvalue weighted by molar-refractivity contribution is -0.384. The van der Waals surface area contributed by atoms with E-state index in [1.54, 1.807) is 45.9 Å². The molecule has 0 aliphatic heterocycles. The third-order valence-corrected chi connectivity index (χ3v) is 6.76. The summed E-state index contributed by atoms with van der Waals surface area (Å²) in [6.45, 7) is 7.82. The Morgan fingerprint density at radius 3 is 2.39 bits per heavy atom. The zero-order valence-corrected chi connectivity index (χ0v) is 18.9. The van der Waals surface area contributed by atoms with Crippen molar-refractivity contribution in [3.8, 4) is 0 Å². The molecule has 0 fully saturated rings. The van der Waals surface area contributed by atoms with Gasteiger partial charge in [0.25, 0.3) is 5.69 Å². The van der Waals surface area contributed by atoms with Crippen molar-refractivity contribution in [2.24, 2.45) is 5.92 Å². The highest BCUT2D eigenvalue weighted by atomic mass is 32.2. The number of carbonyl (C=O) groups is 1. The van der Waals surface area contributed by atoms with Crippen molar-refractivity contribution in [3.63, 3.8) is 0 Å². The molecule has 0 saturated carbocycles. The molecule has 9 nitrogen and oxygen atoms in total. The molecule has 2 aromatic rings. The molecular formula is C21H28N4O5S. The molecule has 0 bridgehead atoms. The van der Waals surface area contributed by atoms with E-state index in [9.17, 15) is 23.3 Å². The normalized spacial score (nSPS) is 11.5. The summed E-state index contributed by atoms with van der Waals surface area (Å²) in [5, 5.41) is 17.4. The van der Waals surface area contributed by atoms with Crippen LogP contribution in [-0.2, 0) is 21.4 Å². The molecule has 0 saturated heterocycles. The Balaban J connectivity index is 2.25. The first-order valence-corrected chi connectivity index (χ1v) is 11.5. The monoisotopic (exact) mass is 448 g/mol. The second kappa shape index (κ2) is 10.4. The van der Waals surface area contributed by atoms with Crippen LogP contribution in [0.3, 0.4) is 0 Å². The van der Waals surface area contributed by atoms with E-state index >= 15 is 0 Å². The Bertz CT molecular complexity index is 1050. The number of sulfonamides is 1. The third kappa shape index (κ3) is 6.02. The second-order valence-electron chi connectivity index (χ2n) is 7.22. The van der Waals surface area contributed by atoms with E-state index in [0.717, 1.165) is 11.6 Å². The first-order valence-electron chi connectivity index (χ1n) is 10.0. The molecule has 0 heterocycles. The number of nitrogens with zero attached hydrogens (tertiary/aromatic N) is 2. The number of amides is 1. The zero-order valence-electron chi connectivity index (χ0n) is 18.1. The molecule has 0 spiro atoms. The number of nitro benzene ring substituents is 1. The molecule has 0 atom stereocenters. The van der Waals surface area contributed by atoms with Crippen LogP contribution in [0.15, 0.2) is 47.4 Å². The average Bonchev–Trinajstić information content (AvgIpc) is 2.72. The van der Waals surface area contributed by atoms with E-state index in [1.807, 2.05) is 6.07 Å². The van der Waals surface area contributed by atoms with Crippen LogP contribution in [0.5, 0.6) is 0 Å². The Labute approximate surface area is 182 Å². The van der Waals surface area contributed by atoms with Gasteiger partial charge < -0.3 is 10.6 Å². The van der Waals surface area contributed by atoms with Gasteiger partial charge in [-0.25, -0.2) is 8.42 Å². The van der Waals surface area contributed by atoms with Crippen molar-refractivity contribution < 1.29 is 18.1 Å². The molecule has 0 radical (unpaired) electrons. The van der Waals surface area contributed by atoms with Crippen molar-refractivity contribution in [2.45, 2.75) is 39.1 Å². The van der Waals surface area contributed by atoms with Crippen LogP contribution >= 0.6 is 0 Å². The lowest BCUT2D eigenvalue weighted by atomic mass is 10.1. The fourth-order valence-electron chi connectivity index (χ4n) is 2.93. The number of nitro groups is 1. The average molecular weight is 449 g/mol. The molecule has 0 aliphatic carbocycles. The van der Waals surface area contributed by atoms with Crippen LogP contribution in [0.4, 0.5) is 17.1 Å². The number of carbonyl (C=O) groups excluding carboxylic acids is 1. The predicted octanol–water partition coefficient (Wildman–Crippen LogP) is 3.83. The minimum atomic E-state index is -3.80. The smallest absolute Gasteiger partial charge is 0.293 e. The van der Waals surface area contributed by atoms with E-state index in [-0.39, 0.29) is 47.7 Å². The first-order chi connectivity index (χ1) is 14.6. The van der Waals surface area contributed by atoms with E-state index in [4.69, 9.17) is 0 Å². The topological polar surface area (TPSA) is 122 Å². The van der Waals surface area contributed by atoms with E-state index in [0.29, 0.717) is 5.69 Å². The van der Waals surface area contributed by atoms with Crippen molar-refractivity contribution >= 4 is 33.0 Å². The van der Waals surface area contributed by atoms with Crippen molar-refractivity contribution in [3.05, 3.63) is 58.1 Å². The highest BCUT2D eigenvalue weighted by Crippen LogP contribution is 2.29. The van der Waals surface area contributed by atoms with Crippen LogP contribution in [0.25, 0.3) is 0 Å². The lowest BCUT2D eigenvalue weighted by Gasteiger charge is -2.18. The number of rotatable bonds is 10. The standard InChI is InChI=1S/C21H28N4O5S/c1-5-24(6-2)31(29,30)18-10-11-19(20(13-18)25(27)28)22-14-16-8-7-9-17(12-16)23-21(26)15(3)4/h7-13,15,22H,5-6,14H2,1-4H3,(H,23,26). The molecule has 0 unspecified atom stereocenters. The molecule has 0 aromatic heterocycles. The van der Waals surface area contributed by atoms with Gasteiger partial charge in [-0.1, -0.05) is 39.8 Å². The maximum Gasteiger partial charge on any atom is 0.293 e. The summed E-state index contributed by atoms with van der Waals surface area (Å²) in [4.78, 5) is 22.7. The van der Waals surface area contributed by atoms with Gasteiger partial charge in [0.1, 0.15) is 5.69 Å². The van der Waals surface area contributed by atoms with Gasteiger partial charge >= 0.3 is 0 Å². The van der Waals surface area contributed by atoms with Gasteiger partial charge in [-0.3, -0.25) is 14.9 Å². The summed E-state index contributed by atoms with van der Waals surface area (Å²) in [7, 11) is -3.80. The maximum atomic E-state index is 12.7. The number of anilines is 2. The molecule has 2 rings (SSSR count). The van der Waals surface area contributed by atoms with Gasteiger partial charge in [0.2, 0.25) is 15.9 Å². The predicted molar refractivity (Wildman–Crippen MR) is 120 cm³/mol. The molecule has 168 valence electrons. The van der Waals surface area contributed by atoms with Gasteiger partial charge in [0.05, 0.1) is 9.82 Å². The molecule has 31 heavy (non-hydrogen) atoms. The third-order valence-electron chi connectivity index (χ3n) is 4.71. The quantitative estimate of drug-likeness (QED) is 0.421. The minimum absolute atomic E-state index is 0.106. The highest BCUT2D eigenvalue weighted by Gasteiger charge is 2.25. The van der Waals surface area contributed by atoms with Gasteiger partial charge in [0.15, 0.2) is 0 Å². The second-order valence-corrected chi connectivity index (χ2v) is 9.16. The minimum Gasteiger partial charge on any atom is -0.375 e. The Kier molecular flexibility index (Phi) is 8.12. The van der Waals surface area contributed by atoms with Crippen LogP contribution in [0.1, 0.15) is 33.3 Å². The van der Waals surface area contributed by atoms with Crippen LogP contribution < -0.4 is 10.6 Å². The lowest BCUT2D eigenvalue weighted by Crippen LogP contribution is -2.30. The largest absolute Gasteiger partial charge is 0.375 e. The fraction of sp³-hybridized carbons (Fsp3) is 0.381. The first kappa shape index (κ1) is 24.3. The van der Waals surface area contributed by atoms with Crippen molar-refractivity contribution in [1.82, 2.24) is 4.31 Å². The van der Waals surface area contributed by atoms with Gasteiger partial charge in [0, 0.05) is 37.3 Å². The molecule has 2 N–H and O–H groups in total. The van der Waals surface area contributed by atoms with E-state index in [1.165, 1.54) is 16.4 Å². The molecule has 1 amide bonds. The highest BCUT2D eigenvalue weighted by molar-refractivity contribution is 7.89. The fourth-order valence-corrected chi connectivity index (χ4v) is 4.41. The summed E-state index contributed by atoms with van der Waals surface area (Å²) in [6, 6.07) is 11.0. The van der Waals surface area contributed by atoms with Crippen molar-refractivity contribution in [1.29, 1.82) is 0 Å². The number of nitrogens with one attached hydrogen (secondary N) is 2. The van der Waals surface area contributed by atoms with Crippen molar-refractivity contribution in [2.75, 3.05) is 23.7 Å². The molecule has 0 aliphatic rings. The Morgan fingerprint density at radius 1 is 1.13 bits per heavy atom. The molecule has 10 heteroatoms. The van der Waals surface area contributed by atoms with Gasteiger partial charge in [-0.05, 0) is 29.8 Å². The Morgan fingerprint density at radius 2 is 1.81 bits per heavy atom. The molecular weight excluding hydrogens is 420 g/mol. The van der Waals surface area contributed by atoms with E-state index in [2.05, 4.69) is 10.6 Å². The van der Waals surface area contributed by atoms with E-state index < -0.39 is 14.9 Å². The number of hydrogen-bond acceptors (Lipinski definition) is 6. The SMILES string of the molecule is CCN(CC)S(=O)(=O)c1ccc(NCc2cccc(NC(=O)C(C)C)c2)c([N+](=O)[O-])c1. The van der Waals surface area contributed by atoms with Crippen LogP contribution in [0.2, 0.25) is 0 Å². The molecule has 2 aromatic carbocycles. The van der Waals surface area contributed by atoms with Gasteiger partial charge in [-0.2, -0.15) is 4.31 Å².